The molecule has 0 aliphatic rings. The van der Waals surface area contributed by atoms with Crippen molar-refractivity contribution in [1.82, 2.24) is 9.97 Å². The number of pyridine rings is 2. The Labute approximate surface area is 74.4 Å². The molecule has 0 saturated carbocycles. The average Bonchev–Trinajstić information content (AvgIpc) is 2.17. The molecule has 0 bridgehead atoms. The second-order valence-corrected chi connectivity index (χ2v) is 2.62. The fraction of sp³-hybridized carbons (Fsp3) is 0. The van der Waals surface area contributed by atoms with E-state index in [-0.39, 0.29) is 0 Å². The molecular weight excluding hydrogens is 166 g/mol. The van der Waals surface area contributed by atoms with Crippen LogP contribution >= 0.6 is 0 Å². The van der Waals surface area contributed by atoms with Gasteiger partial charge < -0.3 is 5.73 Å². The molecule has 0 aromatic carbocycles. The van der Waals surface area contributed by atoms with Gasteiger partial charge in [-0.25, -0.2) is 0 Å². The number of fused-ring (bicyclic) bond motifs is 1. The molecule has 64 valence electrons. The van der Waals surface area contributed by atoms with Gasteiger partial charge in [0.05, 0.1) is 0 Å². The van der Waals surface area contributed by atoms with Gasteiger partial charge in [0.15, 0.2) is 0 Å². The zero-order chi connectivity index (χ0) is 9.26. The average molecular weight is 173 g/mol. The third-order valence-electron chi connectivity index (χ3n) is 1.80. The van der Waals surface area contributed by atoms with E-state index in [9.17, 15) is 4.79 Å². The van der Waals surface area contributed by atoms with Crippen molar-refractivity contribution in [1.29, 1.82) is 0 Å². The van der Waals surface area contributed by atoms with Crippen molar-refractivity contribution in [3.63, 3.8) is 0 Å². The molecule has 2 aromatic heterocycles. The van der Waals surface area contributed by atoms with Crippen molar-refractivity contribution >= 4 is 16.7 Å². The fourth-order valence-electron chi connectivity index (χ4n) is 1.21. The summed E-state index contributed by atoms with van der Waals surface area (Å²) in [6.07, 6.45) is 4.82. The topological polar surface area (TPSA) is 68.9 Å². The number of aromatic nitrogens is 2. The summed E-state index contributed by atoms with van der Waals surface area (Å²) in [6.45, 7) is 0. The van der Waals surface area contributed by atoms with Crippen LogP contribution in [0.5, 0.6) is 0 Å². The quantitative estimate of drug-likeness (QED) is 0.691. The number of hydrogen-bond donors (Lipinski definition) is 1. The fourth-order valence-corrected chi connectivity index (χ4v) is 1.21. The largest absolute Gasteiger partial charge is 0.364 e. The van der Waals surface area contributed by atoms with Crippen LogP contribution in [-0.2, 0) is 0 Å². The van der Waals surface area contributed by atoms with Gasteiger partial charge in [0.25, 0.3) is 5.91 Å². The van der Waals surface area contributed by atoms with Gasteiger partial charge >= 0.3 is 0 Å². The first-order valence-corrected chi connectivity index (χ1v) is 3.77. The van der Waals surface area contributed by atoms with E-state index in [2.05, 4.69) is 9.97 Å². The minimum atomic E-state index is -0.517. The summed E-state index contributed by atoms with van der Waals surface area (Å²) in [6, 6.07) is 3.51. The van der Waals surface area contributed by atoms with Gasteiger partial charge in [0, 0.05) is 29.4 Å². The van der Waals surface area contributed by atoms with Crippen LogP contribution in [0, 0.1) is 0 Å². The summed E-state index contributed by atoms with van der Waals surface area (Å²) < 4.78 is 0. The van der Waals surface area contributed by atoms with Crippen molar-refractivity contribution in [2.45, 2.75) is 0 Å². The Bertz CT molecular complexity index is 462. The van der Waals surface area contributed by atoms with Crippen molar-refractivity contribution < 1.29 is 4.79 Å². The van der Waals surface area contributed by atoms with E-state index in [1.54, 1.807) is 30.7 Å². The number of amides is 1. The van der Waals surface area contributed by atoms with Crippen molar-refractivity contribution in [3.8, 4) is 0 Å². The van der Waals surface area contributed by atoms with Crippen LogP contribution in [0.1, 0.15) is 10.5 Å². The molecule has 2 N–H and O–H groups in total. The molecule has 0 spiro atoms. The Balaban J connectivity index is 2.83. The Morgan fingerprint density at radius 1 is 1.31 bits per heavy atom. The lowest BCUT2D eigenvalue weighted by molar-refractivity contribution is 0.0997. The summed E-state index contributed by atoms with van der Waals surface area (Å²) >= 11 is 0. The maximum absolute atomic E-state index is 11.0. The van der Waals surface area contributed by atoms with Gasteiger partial charge in [0.1, 0.15) is 5.69 Å². The molecule has 0 saturated heterocycles. The zero-order valence-electron chi connectivity index (χ0n) is 6.77. The highest BCUT2D eigenvalue weighted by molar-refractivity contribution is 6.04. The first-order valence-electron chi connectivity index (χ1n) is 3.77. The van der Waals surface area contributed by atoms with E-state index in [0.717, 1.165) is 10.8 Å². The molecule has 0 aliphatic carbocycles. The van der Waals surface area contributed by atoms with Crippen LogP contribution in [0.2, 0.25) is 0 Å². The van der Waals surface area contributed by atoms with E-state index in [1.807, 2.05) is 0 Å². The normalized spacial score (nSPS) is 10.2. The summed E-state index contributed by atoms with van der Waals surface area (Å²) in [5.41, 5.74) is 5.45. The molecule has 1 amide bonds. The lowest BCUT2D eigenvalue weighted by Gasteiger charge is -1.99. The monoisotopic (exact) mass is 173 g/mol. The van der Waals surface area contributed by atoms with E-state index < -0.39 is 5.91 Å². The Morgan fingerprint density at radius 2 is 2.15 bits per heavy atom. The molecule has 2 aromatic rings. The van der Waals surface area contributed by atoms with Crippen LogP contribution < -0.4 is 5.73 Å². The molecule has 4 heteroatoms. The maximum atomic E-state index is 11.0. The van der Waals surface area contributed by atoms with Gasteiger partial charge in [-0.05, 0) is 12.1 Å². The molecule has 2 heterocycles. The number of hydrogen-bond acceptors (Lipinski definition) is 3. The van der Waals surface area contributed by atoms with Crippen LogP contribution in [0.15, 0.2) is 30.7 Å². The molecular formula is C9H7N3O. The van der Waals surface area contributed by atoms with E-state index >= 15 is 0 Å². The number of primary amides is 1. The van der Waals surface area contributed by atoms with E-state index in [0.29, 0.717) is 5.69 Å². The Kier molecular flexibility index (Phi) is 1.66. The summed E-state index contributed by atoms with van der Waals surface area (Å²) in [7, 11) is 0. The van der Waals surface area contributed by atoms with Gasteiger partial charge in [-0.2, -0.15) is 0 Å². The highest BCUT2D eigenvalue weighted by atomic mass is 16.1. The second kappa shape index (κ2) is 2.82. The molecule has 13 heavy (non-hydrogen) atoms. The zero-order valence-corrected chi connectivity index (χ0v) is 6.77. The lowest BCUT2D eigenvalue weighted by atomic mass is 10.1. The molecule has 0 unspecified atom stereocenters. The standard InChI is InChI=1S/C9H7N3O/c10-9(13)8-7-2-3-11-5-6(7)1-4-12-8/h1-5H,(H2,10,13). The molecule has 2 rings (SSSR count). The van der Waals surface area contributed by atoms with Crippen molar-refractivity contribution in [2.24, 2.45) is 5.73 Å². The molecule has 0 radical (unpaired) electrons. The number of nitrogens with zero attached hydrogens (tertiary/aromatic N) is 2. The second-order valence-electron chi connectivity index (χ2n) is 2.62. The van der Waals surface area contributed by atoms with Crippen LogP contribution in [0.3, 0.4) is 0 Å². The predicted octanol–water partition coefficient (Wildman–Crippen LogP) is 0.729. The third kappa shape index (κ3) is 1.22. The van der Waals surface area contributed by atoms with Gasteiger partial charge in [-0.1, -0.05) is 0 Å². The van der Waals surface area contributed by atoms with E-state index in [1.165, 1.54) is 0 Å². The van der Waals surface area contributed by atoms with Gasteiger partial charge in [-0.3, -0.25) is 14.8 Å². The number of carbonyl (C=O) groups excluding carboxylic acids is 1. The molecule has 0 aliphatic heterocycles. The lowest BCUT2D eigenvalue weighted by Crippen LogP contribution is -2.13. The highest BCUT2D eigenvalue weighted by Crippen LogP contribution is 2.13. The Morgan fingerprint density at radius 3 is 2.92 bits per heavy atom. The molecule has 4 nitrogen and oxygen atoms in total. The van der Waals surface area contributed by atoms with Crippen LogP contribution in [0.4, 0.5) is 0 Å². The maximum Gasteiger partial charge on any atom is 0.267 e. The minimum absolute atomic E-state index is 0.292. The minimum Gasteiger partial charge on any atom is -0.364 e. The van der Waals surface area contributed by atoms with Gasteiger partial charge in [-0.15, -0.1) is 0 Å². The predicted molar refractivity (Wildman–Crippen MR) is 48.1 cm³/mol. The SMILES string of the molecule is NC(=O)c1nccc2cnccc12. The number of nitrogens with two attached hydrogens (primary N) is 1. The summed E-state index contributed by atoms with van der Waals surface area (Å²) in [5.74, 6) is -0.517. The summed E-state index contributed by atoms with van der Waals surface area (Å²) in [4.78, 5) is 18.8. The smallest absolute Gasteiger partial charge is 0.267 e. The number of rotatable bonds is 1. The number of carbonyl (C=O) groups is 1. The highest BCUT2D eigenvalue weighted by Gasteiger charge is 2.06. The Hall–Kier alpha value is -1.97. The first kappa shape index (κ1) is 7.67. The molecule has 0 atom stereocenters. The molecule has 0 fully saturated rings. The summed E-state index contributed by atoms with van der Waals surface area (Å²) in [5, 5.41) is 1.61. The van der Waals surface area contributed by atoms with Crippen LogP contribution in [0.25, 0.3) is 10.8 Å². The van der Waals surface area contributed by atoms with Crippen molar-refractivity contribution in [3.05, 3.63) is 36.4 Å². The van der Waals surface area contributed by atoms with E-state index in [4.69, 9.17) is 5.73 Å². The third-order valence-corrected chi connectivity index (χ3v) is 1.80. The van der Waals surface area contributed by atoms with Crippen molar-refractivity contribution in [2.75, 3.05) is 0 Å². The van der Waals surface area contributed by atoms with Crippen LogP contribution in [-0.4, -0.2) is 15.9 Å². The first-order chi connectivity index (χ1) is 6.29. The van der Waals surface area contributed by atoms with Gasteiger partial charge in [0.2, 0.25) is 0 Å².